The maximum Gasteiger partial charge on any atom is 0.295 e. The van der Waals surface area contributed by atoms with Crippen molar-refractivity contribution in [3.05, 3.63) is 0 Å². The summed E-state index contributed by atoms with van der Waals surface area (Å²) in [4.78, 5) is 0. The first-order valence-electron chi connectivity index (χ1n) is 2.90. The van der Waals surface area contributed by atoms with Crippen LogP contribution in [0.1, 0.15) is 12.8 Å². The molecule has 1 aliphatic heterocycles. The number of hydrogen-bond donors (Lipinski definition) is 1. The van der Waals surface area contributed by atoms with Crippen molar-refractivity contribution in [1.82, 2.24) is 0 Å². The van der Waals surface area contributed by atoms with Crippen molar-refractivity contribution in [2.24, 2.45) is 0 Å². The zero-order chi connectivity index (χ0) is 6.04. The van der Waals surface area contributed by atoms with Crippen LogP contribution in [0, 0.1) is 0 Å². The third kappa shape index (κ3) is 1.40. The fraction of sp³-hybridized carbons (Fsp3) is 1.00. The molecular formula is C5H10F2N+. The second-order valence-corrected chi connectivity index (χ2v) is 2.24. The Hall–Kier alpha value is -0.180. The predicted octanol–water partition coefficient (Wildman–Crippen LogP) is -0.0211. The van der Waals surface area contributed by atoms with E-state index in [-0.39, 0.29) is 13.0 Å². The summed E-state index contributed by atoms with van der Waals surface area (Å²) < 4.78 is 24.3. The number of nitrogens with two attached hydrogens (primary N) is 1. The molecule has 0 aromatic heterocycles. The number of piperidine rings is 1. The summed E-state index contributed by atoms with van der Waals surface area (Å²) in [6.45, 7) is 0.864. The van der Waals surface area contributed by atoms with Crippen LogP contribution in [0.3, 0.4) is 0 Å². The van der Waals surface area contributed by atoms with Gasteiger partial charge in [-0.3, -0.25) is 0 Å². The Bertz CT molecular complexity index is 74.5. The van der Waals surface area contributed by atoms with E-state index in [1.165, 1.54) is 0 Å². The lowest BCUT2D eigenvalue weighted by Crippen LogP contribution is -2.89. The molecule has 0 aromatic carbocycles. The minimum atomic E-state index is -2.38. The van der Waals surface area contributed by atoms with Crippen LogP contribution in [0.5, 0.6) is 0 Å². The van der Waals surface area contributed by atoms with Crippen LogP contribution in [-0.4, -0.2) is 19.0 Å². The van der Waals surface area contributed by atoms with Gasteiger partial charge < -0.3 is 5.32 Å². The summed E-state index contributed by atoms with van der Waals surface area (Å²) in [6.07, 6.45) is 0.747. The topological polar surface area (TPSA) is 16.6 Å². The van der Waals surface area contributed by atoms with Gasteiger partial charge in [-0.15, -0.1) is 0 Å². The first-order valence-corrected chi connectivity index (χ1v) is 2.90. The van der Waals surface area contributed by atoms with Gasteiger partial charge in [0.25, 0.3) is 5.92 Å². The minimum absolute atomic E-state index is 0.00694. The number of alkyl halides is 2. The molecule has 1 fully saturated rings. The van der Waals surface area contributed by atoms with E-state index in [4.69, 9.17) is 0 Å². The van der Waals surface area contributed by atoms with Crippen molar-refractivity contribution in [3.8, 4) is 0 Å². The highest BCUT2D eigenvalue weighted by Gasteiger charge is 2.33. The fourth-order valence-electron chi connectivity index (χ4n) is 0.920. The molecule has 0 amide bonds. The number of rotatable bonds is 0. The maximum atomic E-state index is 12.2. The van der Waals surface area contributed by atoms with Gasteiger partial charge in [-0.25, -0.2) is 8.78 Å². The SMILES string of the molecule is FC1(F)CCC[NH2+]C1. The molecule has 2 N–H and O–H groups in total. The van der Waals surface area contributed by atoms with Crippen molar-refractivity contribution in [1.29, 1.82) is 0 Å². The third-order valence-corrected chi connectivity index (χ3v) is 1.39. The van der Waals surface area contributed by atoms with E-state index < -0.39 is 5.92 Å². The van der Waals surface area contributed by atoms with E-state index in [2.05, 4.69) is 0 Å². The Morgan fingerprint density at radius 3 is 2.38 bits per heavy atom. The lowest BCUT2D eigenvalue weighted by atomic mass is 10.1. The molecular weight excluding hydrogens is 112 g/mol. The van der Waals surface area contributed by atoms with E-state index in [9.17, 15) is 8.78 Å². The molecule has 8 heavy (non-hydrogen) atoms. The highest BCUT2D eigenvalue weighted by molar-refractivity contribution is 4.65. The summed E-state index contributed by atoms with van der Waals surface area (Å²) in [5.41, 5.74) is 0. The Morgan fingerprint density at radius 2 is 2.12 bits per heavy atom. The Labute approximate surface area is 47.1 Å². The van der Waals surface area contributed by atoms with Crippen LogP contribution < -0.4 is 5.32 Å². The molecule has 1 aliphatic rings. The molecule has 0 unspecified atom stereocenters. The monoisotopic (exact) mass is 122 g/mol. The molecule has 0 saturated carbocycles. The number of quaternary nitrogens is 1. The maximum absolute atomic E-state index is 12.2. The van der Waals surface area contributed by atoms with Crippen LogP contribution in [0.25, 0.3) is 0 Å². The summed E-state index contributed by atoms with van der Waals surface area (Å²) >= 11 is 0. The molecule has 3 heteroatoms. The molecule has 0 bridgehead atoms. The van der Waals surface area contributed by atoms with Gasteiger partial charge in [0.05, 0.1) is 6.54 Å². The van der Waals surface area contributed by atoms with Crippen LogP contribution in [0.15, 0.2) is 0 Å². The summed E-state index contributed by atoms with van der Waals surface area (Å²) in [6, 6.07) is 0. The van der Waals surface area contributed by atoms with E-state index in [0.717, 1.165) is 6.54 Å². The molecule has 1 saturated heterocycles. The molecule has 0 atom stereocenters. The molecule has 0 aliphatic carbocycles. The zero-order valence-corrected chi connectivity index (χ0v) is 4.66. The van der Waals surface area contributed by atoms with Crippen LogP contribution in [0.4, 0.5) is 8.78 Å². The van der Waals surface area contributed by atoms with Gasteiger partial charge in [-0.2, -0.15) is 0 Å². The predicted molar refractivity (Wildman–Crippen MR) is 25.8 cm³/mol. The van der Waals surface area contributed by atoms with Crippen molar-refractivity contribution < 1.29 is 14.1 Å². The van der Waals surface area contributed by atoms with Gasteiger partial charge in [0.2, 0.25) is 0 Å². The minimum Gasteiger partial charge on any atom is -0.341 e. The van der Waals surface area contributed by atoms with Crippen molar-refractivity contribution in [3.63, 3.8) is 0 Å². The summed E-state index contributed by atoms with van der Waals surface area (Å²) in [7, 11) is 0. The molecule has 48 valence electrons. The molecule has 1 nitrogen and oxygen atoms in total. The fourth-order valence-corrected chi connectivity index (χ4v) is 0.920. The Balaban J connectivity index is 2.33. The molecule has 0 radical (unpaired) electrons. The van der Waals surface area contributed by atoms with Crippen LogP contribution in [0.2, 0.25) is 0 Å². The van der Waals surface area contributed by atoms with Crippen LogP contribution >= 0.6 is 0 Å². The number of halogens is 2. The number of hydrogen-bond acceptors (Lipinski definition) is 0. The lowest BCUT2D eigenvalue weighted by molar-refractivity contribution is -0.680. The second kappa shape index (κ2) is 1.97. The summed E-state index contributed by atoms with van der Waals surface area (Å²) in [5, 5.41) is 1.67. The highest BCUT2D eigenvalue weighted by Crippen LogP contribution is 2.18. The third-order valence-electron chi connectivity index (χ3n) is 1.39. The average molecular weight is 122 g/mol. The Morgan fingerprint density at radius 1 is 1.38 bits per heavy atom. The van der Waals surface area contributed by atoms with E-state index in [1.54, 1.807) is 5.32 Å². The smallest absolute Gasteiger partial charge is 0.295 e. The van der Waals surface area contributed by atoms with Gasteiger partial charge in [0, 0.05) is 12.8 Å². The molecule has 0 spiro atoms. The van der Waals surface area contributed by atoms with Crippen molar-refractivity contribution in [2.45, 2.75) is 18.8 Å². The molecule has 1 heterocycles. The average Bonchev–Trinajstić information content (AvgIpc) is 1.65. The van der Waals surface area contributed by atoms with E-state index in [0.29, 0.717) is 6.42 Å². The van der Waals surface area contributed by atoms with Crippen LogP contribution in [-0.2, 0) is 0 Å². The first-order chi connectivity index (χ1) is 3.71. The zero-order valence-electron chi connectivity index (χ0n) is 4.66. The van der Waals surface area contributed by atoms with E-state index >= 15 is 0 Å². The first kappa shape index (κ1) is 5.95. The normalized spacial score (nSPS) is 27.8. The van der Waals surface area contributed by atoms with Gasteiger partial charge in [-0.05, 0) is 0 Å². The van der Waals surface area contributed by atoms with Gasteiger partial charge in [-0.1, -0.05) is 0 Å². The largest absolute Gasteiger partial charge is 0.341 e. The molecule has 0 aromatic rings. The van der Waals surface area contributed by atoms with E-state index in [1.807, 2.05) is 0 Å². The van der Waals surface area contributed by atoms with Gasteiger partial charge in [0.15, 0.2) is 0 Å². The second-order valence-electron chi connectivity index (χ2n) is 2.24. The summed E-state index contributed by atoms with van der Waals surface area (Å²) in [5.74, 6) is -2.38. The van der Waals surface area contributed by atoms with Gasteiger partial charge in [0.1, 0.15) is 6.54 Å². The molecule has 1 rings (SSSR count). The van der Waals surface area contributed by atoms with Gasteiger partial charge >= 0.3 is 0 Å². The quantitative estimate of drug-likeness (QED) is 0.465. The highest BCUT2D eigenvalue weighted by atomic mass is 19.3. The van der Waals surface area contributed by atoms with Crippen molar-refractivity contribution in [2.75, 3.05) is 13.1 Å². The Kier molecular flexibility index (Phi) is 1.47. The lowest BCUT2D eigenvalue weighted by Gasteiger charge is -2.18. The van der Waals surface area contributed by atoms with Crippen molar-refractivity contribution >= 4 is 0 Å². The standard InChI is InChI=1S/C5H9F2N/c6-5(7)2-1-3-8-4-5/h8H,1-4H2/p+1.